The molecule has 10 heteroatoms. The van der Waals surface area contributed by atoms with E-state index in [0.717, 1.165) is 44.8 Å². The second-order valence-corrected chi connectivity index (χ2v) is 8.83. The summed E-state index contributed by atoms with van der Waals surface area (Å²) < 4.78 is 5.33. The number of nitrogens with zero attached hydrogens (tertiary/aromatic N) is 2. The third-order valence-electron chi connectivity index (χ3n) is 5.87. The molecule has 36 heavy (non-hydrogen) atoms. The molecule has 1 fully saturated rings. The number of hydrogen-bond donors (Lipinski definition) is 3. The number of H-pyrrole nitrogens is 1. The fourth-order valence-corrected chi connectivity index (χ4v) is 4.16. The van der Waals surface area contributed by atoms with Gasteiger partial charge in [0.05, 0.1) is 24.6 Å². The Labute approximate surface area is 214 Å². The molecule has 2 amide bonds. The second kappa shape index (κ2) is 12.4. The molecule has 0 aliphatic carbocycles. The average Bonchev–Trinajstić information content (AvgIpc) is 3.39. The topological polar surface area (TPSA) is 116 Å². The van der Waals surface area contributed by atoms with Crippen LogP contribution in [-0.4, -0.2) is 71.9 Å². The van der Waals surface area contributed by atoms with Crippen molar-refractivity contribution in [1.82, 2.24) is 20.2 Å². The molecule has 1 saturated heterocycles. The number of imidazole rings is 1. The number of anilines is 1. The number of aromatic amines is 1. The molecule has 9 nitrogen and oxygen atoms in total. The van der Waals surface area contributed by atoms with Crippen molar-refractivity contribution in [3.8, 4) is 0 Å². The number of Topliss-reactive ketones (excluding diaryl/α,β-unsaturated/α-hetero) is 1. The van der Waals surface area contributed by atoms with E-state index in [4.69, 9.17) is 16.3 Å². The number of morpholine rings is 1. The van der Waals surface area contributed by atoms with Crippen LogP contribution in [0.15, 0.2) is 54.9 Å². The maximum Gasteiger partial charge on any atom is 0.276 e. The van der Waals surface area contributed by atoms with Crippen LogP contribution in [0.2, 0.25) is 5.02 Å². The number of nitrogens with one attached hydrogen (secondary N) is 3. The average molecular weight is 510 g/mol. The third-order valence-corrected chi connectivity index (χ3v) is 6.20. The van der Waals surface area contributed by atoms with Crippen LogP contribution in [0.5, 0.6) is 0 Å². The Bertz CT molecular complexity index is 1210. The van der Waals surface area contributed by atoms with Crippen LogP contribution in [0.4, 0.5) is 5.69 Å². The van der Waals surface area contributed by atoms with Crippen LogP contribution in [0, 0.1) is 0 Å². The fraction of sp³-hybridized carbons (Fsp3) is 0.308. The van der Waals surface area contributed by atoms with Gasteiger partial charge < -0.3 is 20.4 Å². The zero-order valence-electron chi connectivity index (χ0n) is 19.8. The standard InChI is InChI=1S/C26H28ClN5O4/c27-21-5-2-1-4-20(21)22(33)16-18-6-8-19(9-7-18)31-26(35)24-23(29-17-30-24)25(34)28-10-3-11-32-12-14-36-15-13-32/h1-2,4-9,17H,3,10-16H2,(H,28,34)(H,29,30)(H,31,35). The van der Waals surface area contributed by atoms with Gasteiger partial charge in [0.1, 0.15) is 5.69 Å². The Kier molecular flexibility index (Phi) is 8.83. The minimum atomic E-state index is -0.505. The van der Waals surface area contributed by atoms with E-state index in [2.05, 4.69) is 25.5 Å². The van der Waals surface area contributed by atoms with Crippen LogP contribution in [0.1, 0.15) is 43.3 Å². The largest absolute Gasteiger partial charge is 0.379 e. The molecule has 0 bridgehead atoms. The van der Waals surface area contributed by atoms with Crippen LogP contribution in [0.3, 0.4) is 0 Å². The first-order valence-corrected chi connectivity index (χ1v) is 12.2. The molecule has 188 valence electrons. The highest BCUT2D eigenvalue weighted by Crippen LogP contribution is 2.19. The molecule has 0 spiro atoms. The number of benzene rings is 2. The van der Waals surface area contributed by atoms with Gasteiger partial charge in [-0.3, -0.25) is 19.3 Å². The van der Waals surface area contributed by atoms with Crippen molar-refractivity contribution >= 4 is 34.9 Å². The Morgan fingerprint density at radius 1 is 1.03 bits per heavy atom. The van der Waals surface area contributed by atoms with Crippen LogP contribution >= 0.6 is 11.6 Å². The normalized spacial score (nSPS) is 13.8. The van der Waals surface area contributed by atoms with E-state index in [1.165, 1.54) is 6.33 Å². The molecule has 2 heterocycles. The minimum absolute atomic E-state index is 0.0126. The van der Waals surface area contributed by atoms with Gasteiger partial charge in [-0.05, 0) is 42.8 Å². The molecule has 0 saturated carbocycles. The van der Waals surface area contributed by atoms with Crippen molar-refractivity contribution < 1.29 is 19.1 Å². The smallest absolute Gasteiger partial charge is 0.276 e. The Hall–Kier alpha value is -3.53. The van der Waals surface area contributed by atoms with Gasteiger partial charge in [-0.25, -0.2) is 4.98 Å². The highest BCUT2D eigenvalue weighted by atomic mass is 35.5. The summed E-state index contributed by atoms with van der Waals surface area (Å²) in [5.74, 6) is -0.975. The number of hydrogen-bond acceptors (Lipinski definition) is 6. The van der Waals surface area contributed by atoms with Gasteiger partial charge in [0.25, 0.3) is 11.8 Å². The lowest BCUT2D eigenvalue weighted by Gasteiger charge is -2.26. The zero-order valence-corrected chi connectivity index (χ0v) is 20.5. The molecular weight excluding hydrogens is 482 g/mol. The molecule has 0 unspecified atom stereocenters. The molecule has 1 aromatic heterocycles. The van der Waals surface area contributed by atoms with E-state index in [-0.39, 0.29) is 29.5 Å². The number of rotatable bonds is 10. The fourth-order valence-electron chi connectivity index (χ4n) is 3.92. The van der Waals surface area contributed by atoms with Crippen molar-refractivity contribution in [3.63, 3.8) is 0 Å². The van der Waals surface area contributed by atoms with E-state index in [0.29, 0.717) is 22.8 Å². The van der Waals surface area contributed by atoms with Crippen molar-refractivity contribution in [1.29, 1.82) is 0 Å². The summed E-state index contributed by atoms with van der Waals surface area (Å²) in [5, 5.41) is 6.00. The van der Waals surface area contributed by atoms with E-state index >= 15 is 0 Å². The van der Waals surface area contributed by atoms with Gasteiger partial charge in [-0.2, -0.15) is 0 Å². The molecule has 0 atom stereocenters. The van der Waals surface area contributed by atoms with Crippen molar-refractivity contribution in [3.05, 3.63) is 82.4 Å². The first kappa shape index (κ1) is 25.6. The highest BCUT2D eigenvalue weighted by molar-refractivity contribution is 6.34. The van der Waals surface area contributed by atoms with Gasteiger partial charge in [-0.15, -0.1) is 0 Å². The number of carbonyl (C=O) groups excluding carboxylic acids is 3. The monoisotopic (exact) mass is 509 g/mol. The first-order valence-electron chi connectivity index (χ1n) is 11.8. The quantitative estimate of drug-likeness (QED) is 0.285. The van der Waals surface area contributed by atoms with Crippen molar-refractivity contribution in [2.45, 2.75) is 12.8 Å². The maximum absolute atomic E-state index is 12.8. The zero-order chi connectivity index (χ0) is 25.3. The van der Waals surface area contributed by atoms with Crippen LogP contribution < -0.4 is 10.6 Å². The number of amides is 2. The SMILES string of the molecule is O=C(Cc1ccc(NC(=O)c2nc[nH]c2C(=O)NCCCN2CCOCC2)cc1)c1ccccc1Cl. The number of ether oxygens (including phenoxy) is 1. The van der Waals surface area contributed by atoms with E-state index in [1.807, 2.05) is 0 Å². The van der Waals surface area contributed by atoms with Gasteiger partial charge in [0, 0.05) is 37.3 Å². The summed E-state index contributed by atoms with van der Waals surface area (Å²) in [5.41, 5.74) is 1.91. The van der Waals surface area contributed by atoms with Gasteiger partial charge in [0.15, 0.2) is 11.5 Å². The van der Waals surface area contributed by atoms with Gasteiger partial charge in [-0.1, -0.05) is 35.9 Å². The second-order valence-electron chi connectivity index (χ2n) is 8.42. The van der Waals surface area contributed by atoms with Crippen LogP contribution in [-0.2, 0) is 11.2 Å². The predicted octanol–water partition coefficient (Wildman–Crippen LogP) is 3.19. The lowest BCUT2D eigenvalue weighted by Crippen LogP contribution is -2.38. The highest BCUT2D eigenvalue weighted by Gasteiger charge is 2.20. The summed E-state index contributed by atoms with van der Waals surface area (Å²) >= 11 is 6.11. The van der Waals surface area contributed by atoms with Gasteiger partial charge >= 0.3 is 0 Å². The van der Waals surface area contributed by atoms with E-state index in [1.54, 1.807) is 48.5 Å². The number of aromatic nitrogens is 2. The molecule has 1 aliphatic heterocycles. The molecule has 0 radical (unpaired) electrons. The van der Waals surface area contributed by atoms with Gasteiger partial charge in [0.2, 0.25) is 0 Å². The predicted molar refractivity (Wildman–Crippen MR) is 137 cm³/mol. The summed E-state index contributed by atoms with van der Waals surface area (Å²) in [4.78, 5) is 46.9. The molecule has 2 aromatic carbocycles. The Morgan fingerprint density at radius 3 is 2.53 bits per heavy atom. The molecule has 4 rings (SSSR count). The Balaban J connectivity index is 1.28. The number of halogens is 1. The number of carbonyl (C=O) groups is 3. The number of ketones is 1. The summed E-state index contributed by atoms with van der Waals surface area (Å²) in [6.07, 6.45) is 2.31. The summed E-state index contributed by atoms with van der Waals surface area (Å²) in [6, 6.07) is 13.8. The lowest BCUT2D eigenvalue weighted by atomic mass is 10.0. The molecule has 1 aliphatic rings. The summed E-state index contributed by atoms with van der Waals surface area (Å²) in [6.45, 7) is 4.64. The van der Waals surface area contributed by atoms with Crippen molar-refractivity contribution in [2.24, 2.45) is 0 Å². The summed E-state index contributed by atoms with van der Waals surface area (Å²) in [7, 11) is 0. The Morgan fingerprint density at radius 2 is 1.78 bits per heavy atom. The first-order chi connectivity index (χ1) is 17.5. The molecule has 3 N–H and O–H groups in total. The third kappa shape index (κ3) is 6.78. The maximum atomic E-state index is 12.8. The lowest BCUT2D eigenvalue weighted by molar-refractivity contribution is 0.0374. The minimum Gasteiger partial charge on any atom is -0.379 e. The molecule has 3 aromatic rings. The van der Waals surface area contributed by atoms with E-state index in [9.17, 15) is 14.4 Å². The van der Waals surface area contributed by atoms with Crippen molar-refractivity contribution in [2.75, 3.05) is 44.7 Å². The van der Waals surface area contributed by atoms with Crippen LogP contribution in [0.25, 0.3) is 0 Å². The molecular formula is C26H28ClN5O4. The van der Waals surface area contributed by atoms with E-state index < -0.39 is 5.91 Å².